The first-order valence-electron chi connectivity index (χ1n) is 11.7. The molecular weight excluding hydrogens is 448 g/mol. The van der Waals surface area contributed by atoms with Gasteiger partial charge in [0, 0.05) is 37.6 Å². The van der Waals surface area contributed by atoms with Crippen LogP contribution in [0.3, 0.4) is 0 Å². The third-order valence-corrected chi connectivity index (χ3v) is 6.93. The number of nitrogens with two attached hydrogens (primary N) is 1. The second kappa shape index (κ2) is 9.60. The number of benzene rings is 2. The van der Waals surface area contributed by atoms with Gasteiger partial charge in [0.05, 0.1) is 6.54 Å². The third kappa shape index (κ3) is 4.45. The van der Waals surface area contributed by atoms with E-state index in [1.807, 2.05) is 47.0 Å². The molecule has 8 heteroatoms. The number of nitrogens with zero attached hydrogens (tertiary/aromatic N) is 5. The molecule has 4 aromatic rings. The van der Waals surface area contributed by atoms with Crippen LogP contribution in [-0.4, -0.2) is 38.2 Å². The lowest BCUT2D eigenvalue weighted by Crippen LogP contribution is -2.44. The topological polar surface area (TPSA) is 82.0 Å². The Morgan fingerprint density at radius 1 is 1.06 bits per heavy atom. The second-order valence-electron chi connectivity index (χ2n) is 8.99. The summed E-state index contributed by atoms with van der Waals surface area (Å²) < 4.78 is 3.62. The van der Waals surface area contributed by atoms with E-state index in [-0.39, 0.29) is 11.6 Å². The molecule has 2 aromatic heterocycles. The Morgan fingerprint density at radius 3 is 2.59 bits per heavy atom. The van der Waals surface area contributed by atoms with Gasteiger partial charge in [0.1, 0.15) is 5.82 Å². The molecule has 0 bridgehead atoms. The van der Waals surface area contributed by atoms with Crippen molar-refractivity contribution in [2.45, 2.75) is 38.3 Å². The van der Waals surface area contributed by atoms with Crippen LogP contribution in [0.4, 0.5) is 5.95 Å². The molecule has 1 aliphatic heterocycles. The summed E-state index contributed by atoms with van der Waals surface area (Å²) in [6, 6.07) is 18.0. The van der Waals surface area contributed by atoms with Crippen LogP contribution in [0.25, 0.3) is 11.2 Å². The highest BCUT2D eigenvalue weighted by atomic mass is 35.5. The van der Waals surface area contributed by atoms with Crippen molar-refractivity contribution in [1.29, 1.82) is 0 Å². The lowest BCUT2D eigenvalue weighted by atomic mass is 10.1. The Labute approximate surface area is 203 Å². The average molecular weight is 477 g/mol. The summed E-state index contributed by atoms with van der Waals surface area (Å²) in [6.45, 7) is 1.99. The summed E-state index contributed by atoms with van der Waals surface area (Å²) in [7, 11) is 1.79. The second-order valence-corrected chi connectivity index (χ2v) is 9.39. The summed E-state index contributed by atoms with van der Waals surface area (Å²) >= 11 is 6.48. The molecule has 0 spiro atoms. The first-order valence-corrected chi connectivity index (χ1v) is 12.1. The SMILES string of the molecule is Cn1c(CCc2ccccc2)nc2nc(N3CCCC(N)C3)n(Cc3ccccc3Cl)c2c1=O. The molecule has 0 amide bonds. The number of aromatic nitrogens is 4. The monoisotopic (exact) mass is 476 g/mol. The zero-order chi connectivity index (χ0) is 23.7. The molecule has 7 nitrogen and oxygen atoms in total. The molecular formula is C26H29ClN6O. The molecule has 0 aliphatic carbocycles. The van der Waals surface area contributed by atoms with Gasteiger partial charge in [0.15, 0.2) is 11.2 Å². The predicted octanol–water partition coefficient (Wildman–Crippen LogP) is 3.54. The molecule has 1 saturated heterocycles. The van der Waals surface area contributed by atoms with Crippen molar-refractivity contribution >= 4 is 28.7 Å². The van der Waals surface area contributed by atoms with Gasteiger partial charge in [0.25, 0.3) is 5.56 Å². The van der Waals surface area contributed by atoms with Crippen LogP contribution < -0.4 is 16.2 Å². The van der Waals surface area contributed by atoms with Crippen LogP contribution >= 0.6 is 11.6 Å². The Hall–Kier alpha value is -3.16. The zero-order valence-corrected chi connectivity index (χ0v) is 20.1. The van der Waals surface area contributed by atoms with E-state index in [0.29, 0.717) is 35.7 Å². The minimum absolute atomic E-state index is 0.0829. The van der Waals surface area contributed by atoms with Crippen LogP contribution in [0.5, 0.6) is 0 Å². The lowest BCUT2D eigenvalue weighted by Gasteiger charge is -2.32. The highest BCUT2D eigenvalue weighted by Crippen LogP contribution is 2.26. The highest BCUT2D eigenvalue weighted by molar-refractivity contribution is 6.31. The summed E-state index contributed by atoms with van der Waals surface area (Å²) in [5, 5.41) is 0.662. The minimum Gasteiger partial charge on any atom is -0.341 e. The van der Waals surface area contributed by atoms with E-state index >= 15 is 0 Å². The van der Waals surface area contributed by atoms with E-state index < -0.39 is 0 Å². The normalized spacial score (nSPS) is 16.3. The number of hydrogen-bond donors (Lipinski definition) is 1. The van der Waals surface area contributed by atoms with Crippen LogP contribution in [-0.2, 0) is 26.4 Å². The fraction of sp³-hybridized carbons (Fsp3) is 0.346. The predicted molar refractivity (Wildman–Crippen MR) is 137 cm³/mol. The van der Waals surface area contributed by atoms with E-state index in [0.717, 1.165) is 43.1 Å². The lowest BCUT2D eigenvalue weighted by molar-refractivity contribution is 0.495. The highest BCUT2D eigenvalue weighted by Gasteiger charge is 2.26. The van der Waals surface area contributed by atoms with Gasteiger partial charge in [-0.1, -0.05) is 60.1 Å². The molecule has 2 N–H and O–H groups in total. The van der Waals surface area contributed by atoms with Crippen molar-refractivity contribution in [3.63, 3.8) is 0 Å². The third-order valence-electron chi connectivity index (χ3n) is 6.57. The van der Waals surface area contributed by atoms with Crippen molar-refractivity contribution in [2.24, 2.45) is 12.8 Å². The van der Waals surface area contributed by atoms with Gasteiger partial charge in [-0.3, -0.25) is 13.9 Å². The number of hydrogen-bond acceptors (Lipinski definition) is 5. The van der Waals surface area contributed by atoms with Gasteiger partial charge in [-0.15, -0.1) is 0 Å². The fourth-order valence-corrected chi connectivity index (χ4v) is 4.89. The van der Waals surface area contributed by atoms with Gasteiger partial charge in [-0.2, -0.15) is 4.98 Å². The molecule has 34 heavy (non-hydrogen) atoms. The number of rotatable bonds is 6. The van der Waals surface area contributed by atoms with E-state index in [4.69, 9.17) is 27.3 Å². The number of piperidine rings is 1. The van der Waals surface area contributed by atoms with Gasteiger partial charge < -0.3 is 10.6 Å². The molecule has 0 radical (unpaired) electrons. The van der Waals surface area contributed by atoms with Crippen molar-refractivity contribution in [3.05, 3.63) is 86.9 Å². The molecule has 1 unspecified atom stereocenters. The molecule has 0 saturated carbocycles. The molecule has 2 aromatic carbocycles. The Bertz CT molecular complexity index is 1360. The maximum absolute atomic E-state index is 13.6. The van der Waals surface area contributed by atoms with E-state index in [1.165, 1.54) is 5.56 Å². The number of imidazole rings is 1. The first kappa shape index (κ1) is 22.6. The van der Waals surface area contributed by atoms with Crippen LogP contribution in [0.1, 0.15) is 29.8 Å². The molecule has 176 valence electrons. The average Bonchev–Trinajstić information content (AvgIpc) is 3.21. The van der Waals surface area contributed by atoms with Gasteiger partial charge in [-0.05, 0) is 36.5 Å². The summed E-state index contributed by atoms with van der Waals surface area (Å²) in [6.07, 6.45) is 3.45. The smallest absolute Gasteiger partial charge is 0.279 e. The van der Waals surface area contributed by atoms with Crippen LogP contribution in [0.2, 0.25) is 5.02 Å². The van der Waals surface area contributed by atoms with E-state index in [2.05, 4.69) is 17.0 Å². The maximum atomic E-state index is 13.6. The molecule has 1 aliphatic rings. The Kier molecular flexibility index (Phi) is 6.39. The number of fused-ring (bicyclic) bond motifs is 1. The van der Waals surface area contributed by atoms with E-state index in [1.54, 1.807) is 11.6 Å². The fourth-order valence-electron chi connectivity index (χ4n) is 4.70. The van der Waals surface area contributed by atoms with Crippen molar-refractivity contribution in [2.75, 3.05) is 18.0 Å². The number of anilines is 1. The molecule has 5 rings (SSSR count). The Morgan fingerprint density at radius 2 is 1.82 bits per heavy atom. The first-order chi connectivity index (χ1) is 16.5. The van der Waals surface area contributed by atoms with Crippen LogP contribution in [0, 0.1) is 0 Å². The minimum atomic E-state index is -0.0971. The summed E-state index contributed by atoms with van der Waals surface area (Å²) in [4.78, 5) is 25.5. The molecule has 1 atom stereocenters. The number of halogens is 1. The quantitative estimate of drug-likeness (QED) is 0.460. The number of aryl methyl sites for hydroxylation is 2. The summed E-state index contributed by atoms with van der Waals surface area (Å²) in [5.74, 6) is 1.46. The van der Waals surface area contributed by atoms with Gasteiger partial charge >= 0.3 is 0 Å². The van der Waals surface area contributed by atoms with Gasteiger partial charge in [-0.25, -0.2) is 4.98 Å². The van der Waals surface area contributed by atoms with Crippen molar-refractivity contribution < 1.29 is 0 Å². The molecule has 1 fully saturated rings. The van der Waals surface area contributed by atoms with Gasteiger partial charge in [0.2, 0.25) is 5.95 Å². The van der Waals surface area contributed by atoms with Crippen molar-refractivity contribution in [1.82, 2.24) is 19.1 Å². The zero-order valence-electron chi connectivity index (χ0n) is 19.3. The molecule has 3 heterocycles. The van der Waals surface area contributed by atoms with Crippen LogP contribution in [0.15, 0.2) is 59.4 Å². The standard InChI is InChI=1S/C26H29ClN6O/c1-31-22(14-13-18-8-3-2-4-9-18)29-24-23(25(31)34)33(16-19-10-5-6-12-21(19)27)26(30-24)32-15-7-11-20(28)17-32/h2-6,8-10,12,20H,7,11,13-17,28H2,1H3. The van der Waals surface area contributed by atoms with E-state index in [9.17, 15) is 4.79 Å². The largest absolute Gasteiger partial charge is 0.341 e. The Balaban J connectivity index is 1.60. The maximum Gasteiger partial charge on any atom is 0.279 e. The summed E-state index contributed by atoms with van der Waals surface area (Å²) in [5.41, 5.74) is 9.30. The van der Waals surface area contributed by atoms with Crippen molar-refractivity contribution in [3.8, 4) is 0 Å².